The first-order valence-electron chi connectivity index (χ1n) is 15.2. The lowest BCUT2D eigenvalue weighted by Gasteiger charge is -2.53. The van der Waals surface area contributed by atoms with Gasteiger partial charge in [0.1, 0.15) is 0 Å². The smallest absolute Gasteiger partial charge is 0.0230 e. The molecular weight excluding hydrogens is 372 g/mol. The first-order valence-corrected chi connectivity index (χ1v) is 15.2. The Hall–Kier alpha value is 0. The molecule has 31 heavy (non-hydrogen) atoms. The van der Waals surface area contributed by atoms with E-state index in [1.807, 2.05) is 0 Å². The van der Waals surface area contributed by atoms with Gasteiger partial charge in [0, 0.05) is 0 Å². The third-order valence-corrected chi connectivity index (χ3v) is 13.3. The van der Waals surface area contributed by atoms with Gasteiger partial charge in [-0.1, -0.05) is 46.0 Å². The molecule has 7 fully saturated rings. The molecule has 0 amide bonds. The molecule has 0 aromatic heterocycles. The first kappa shape index (κ1) is 20.4. The van der Waals surface area contributed by atoms with Crippen molar-refractivity contribution in [2.75, 3.05) is 0 Å². The fourth-order valence-electron chi connectivity index (χ4n) is 13.2. The predicted octanol–water partition coefficient (Wildman–Crippen LogP) is 8.74. The van der Waals surface area contributed by atoms with Crippen LogP contribution < -0.4 is 0 Å². The van der Waals surface area contributed by atoms with Crippen molar-refractivity contribution in [3.8, 4) is 0 Å². The fraction of sp³-hybridized carbons (Fsp3) is 1.00. The van der Waals surface area contributed by atoms with E-state index in [-0.39, 0.29) is 0 Å². The summed E-state index contributed by atoms with van der Waals surface area (Å²) >= 11 is 0. The van der Waals surface area contributed by atoms with Crippen LogP contribution in [0.5, 0.6) is 0 Å². The van der Waals surface area contributed by atoms with Gasteiger partial charge < -0.3 is 0 Å². The van der Waals surface area contributed by atoms with E-state index in [4.69, 9.17) is 0 Å². The third-order valence-electron chi connectivity index (χ3n) is 13.3. The summed E-state index contributed by atoms with van der Waals surface area (Å²) in [5.74, 6) is 13.5. The Labute approximate surface area is 193 Å². The van der Waals surface area contributed by atoms with Crippen molar-refractivity contribution in [2.45, 2.75) is 117 Å². The van der Waals surface area contributed by atoms with Gasteiger partial charge in [-0.3, -0.25) is 0 Å². The summed E-state index contributed by atoms with van der Waals surface area (Å²) in [6.45, 7) is 5.27. The average molecular weight is 423 g/mol. The van der Waals surface area contributed by atoms with Crippen LogP contribution in [0.15, 0.2) is 0 Å². The molecule has 0 heteroatoms. The van der Waals surface area contributed by atoms with Gasteiger partial charge in [-0.2, -0.15) is 0 Å². The molecule has 1 spiro atoms. The highest BCUT2D eigenvalue weighted by Gasteiger charge is 2.67. The Morgan fingerprint density at radius 2 is 1.13 bits per heavy atom. The Balaban J connectivity index is 1.28. The van der Waals surface area contributed by atoms with E-state index in [1.54, 1.807) is 96.3 Å². The van der Waals surface area contributed by atoms with Crippen molar-refractivity contribution in [1.82, 2.24) is 0 Å². The van der Waals surface area contributed by atoms with Crippen molar-refractivity contribution < 1.29 is 0 Å². The van der Waals surface area contributed by atoms with Gasteiger partial charge in [-0.25, -0.2) is 0 Å². The fourth-order valence-corrected chi connectivity index (χ4v) is 13.2. The molecule has 7 aliphatic carbocycles. The van der Waals surface area contributed by atoms with Crippen molar-refractivity contribution in [3.05, 3.63) is 0 Å². The maximum atomic E-state index is 2.63. The van der Waals surface area contributed by atoms with E-state index in [0.717, 1.165) is 64.6 Å². The predicted molar refractivity (Wildman–Crippen MR) is 130 cm³/mol. The minimum absolute atomic E-state index is 0.774. The van der Waals surface area contributed by atoms with Crippen molar-refractivity contribution in [3.63, 3.8) is 0 Å². The van der Waals surface area contributed by atoms with E-state index < -0.39 is 0 Å². The average Bonchev–Trinajstić information content (AvgIpc) is 3.27. The van der Waals surface area contributed by atoms with Crippen LogP contribution in [0.25, 0.3) is 0 Å². The summed E-state index contributed by atoms with van der Waals surface area (Å²) in [6.07, 6.45) is 25.7. The molecule has 0 heterocycles. The maximum absolute atomic E-state index is 2.63. The van der Waals surface area contributed by atoms with Gasteiger partial charge in [-0.05, 0) is 147 Å². The second-order valence-corrected chi connectivity index (χ2v) is 14.6. The van der Waals surface area contributed by atoms with Crippen molar-refractivity contribution in [2.24, 2.45) is 76.4 Å². The largest absolute Gasteiger partial charge is 0.0625 e. The lowest BCUT2D eigenvalue weighted by atomic mass is 9.52. The van der Waals surface area contributed by atoms with Gasteiger partial charge in [0.15, 0.2) is 0 Å². The number of fused-ring (bicyclic) bond motifs is 11. The molecule has 12 unspecified atom stereocenters. The molecule has 0 nitrogen and oxygen atoms in total. The zero-order valence-corrected chi connectivity index (χ0v) is 20.7. The number of hydrogen-bond donors (Lipinski definition) is 0. The minimum atomic E-state index is 0.774. The molecule has 0 aromatic carbocycles. The molecule has 0 aliphatic heterocycles. The molecule has 7 rings (SSSR count). The van der Waals surface area contributed by atoms with Crippen LogP contribution in [0.1, 0.15) is 117 Å². The SMILES string of the molecule is CC1CC(C)CC2(C1)C1CCCCC1C1C3C(CCC12)CC1CCC2CCCCC2C13. The van der Waals surface area contributed by atoms with Gasteiger partial charge in [0.25, 0.3) is 0 Å². The summed E-state index contributed by atoms with van der Waals surface area (Å²) in [4.78, 5) is 0. The standard InChI is InChI=1S/C31H50/c1-19-15-20(2)18-31(17-19)26-10-6-5-9-25(26)30-27(31)14-13-23-16-22-12-11-21-7-3-4-8-24(21)28(22)29(23)30/h19-30H,3-18H2,1-2H3. The number of hydrogen-bond acceptors (Lipinski definition) is 0. The molecule has 12 atom stereocenters. The van der Waals surface area contributed by atoms with Crippen LogP contribution in [0.4, 0.5) is 0 Å². The van der Waals surface area contributed by atoms with E-state index in [1.165, 1.54) is 18.3 Å². The van der Waals surface area contributed by atoms with Crippen LogP contribution in [-0.4, -0.2) is 0 Å². The summed E-state index contributed by atoms with van der Waals surface area (Å²) in [5.41, 5.74) is 0.774. The molecule has 0 bridgehead atoms. The van der Waals surface area contributed by atoms with Crippen LogP contribution in [0.2, 0.25) is 0 Å². The van der Waals surface area contributed by atoms with E-state index >= 15 is 0 Å². The minimum Gasteiger partial charge on any atom is -0.0625 e. The summed E-state index contributed by atoms with van der Waals surface area (Å²) < 4.78 is 0. The Bertz CT molecular complexity index is 668. The van der Waals surface area contributed by atoms with Crippen molar-refractivity contribution >= 4 is 0 Å². The second kappa shape index (κ2) is 7.50. The van der Waals surface area contributed by atoms with Crippen molar-refractivity contribution in [1.29, 1.82) is 0 Å². The van der Waals surface area contributed by atoms with Crippen LogP contribution in [0.3, 0.4) is 0 Å². The third kappa shape index (κ3) is 2.90. The van der Waals surface area contributed by atoms with Crippen LogP contribution >= 0.6 is 0 Å². The second-order valence-electron chi connectivity index (χ2n) is 14.6. The zero-order valence-electron chi connectivity index (χ0n) is 20.7. The van der Waals surface area contributed by atoms with E-state index in [2.05, 4.69) is 13.8 Å². The number of rotatable bonds is 0. The normalized spacial score (nSPS) is 60.6. The quantitative estimate of drug-likeness (QED) is 0.366. The Kier molecular flexibility index (Phi) is 4.93. The van der Waals surface area contributed by atoms with Gasteiger partial charge in [0.05, 0.1) is 0 Å². The lowest BCUT2D eigenvalue weighted by molar-refractivity contribution is -0.0396. The molecule has 0 radical (unpaired) electrons. The highest BCUT2D eigenvalue weighted by atomic mass is 14.7. The monoisotopic (exact) mass is 422 g/mol. The highest BCUT2D eigenvalue weighted by Crippen LogP contribution is 2.74. The Morgan fingerprint density at radius 3 is 1.97 bits per heavy atom. The van der Waals surface area contributed by atoms with Crippen LogP contribution in [-0.2, 0) is 0 Å². The molecule has 0 aromatic rings. The van der Waals surface area contributed by atoms with E-state index in [9.17, 15) is 0 Å². The molecule has 0 saturated heterocycles. The molecule has 174 valence electrons. The topological polar surface area (TPSA) is 0 Å². The summed E-state index contributed by atoms with van der Waals surface area (Å²) in [5, 5.41) is 0. The Morgan fingerprint density at radius 1 is 0.484 bits per heavy atom. The van der Waals surface area contributed by atoms with Gasteiger partial charge >= 0.3 is 0 Å². The maximum Gasteiger partial charge on any atom is -0.0230 e. The zero-order chi connectivity index (χ0) is 20.7. The van der Waals surface area contributed by atoms with Crippen LogP contribution in [0, 0.1) is 76.4 Å². The van der Waals surface area contributed by atoms with Gasteiger partial charge in [-0.15, -0.1) is 0 Å². The highest BCUT2D eigenvalue weighted by molar-refractivity contribution is 5.15. The van der Waals surface area contributed by atoms with Gasteiger partial charge in [0.2, 0.25) is 0 Å². The molecular formula is C31H50. The summed E-state index contributed by atoms with van der Waals surface area (Å²) in [6, 6.07) is 0. The molecule has 7 saturated carbocycles. The summed E-state index contributed by atoms with van der Waals surface area (Å²) in [7, 11) is 0. The first-order chi connectivity index (χ1) is 15.2. The molecule has 7 aliphatic rings. The van der Waals surface area contributed by atoms with E-state index in [0.29, 0.717) is 0 Å². The lowest BCUT2D eigenvalue weighted by Crippen LogP contribution is -2.46. The molecule has 0 N–H and O–H groups in total.